The molecule has 0 heterocycles. The molecule has 0 aromatic heterocycles. The Kier molecular flexibility index (Phi) is 4.39. The molecule has 0 N–H and O–H groups in total. The number of allylic oxidation sites excluding steroid dienone is 2. The highest BCUT2D eigenvalue weighted by Gasteiger charge is 2.39. The Morgan fingerprint density at radius 3 is 2.00 bits per heavy atom. The molecule has 1 aliphatic rings. The van der Waals surface area contributed by atoms with Gasteiger partial charge in [0.2, 0.25) is 0 Å². The summed E-state index contributed by atoms with van der Waals surface area (Å²) in [5, 5.41) is 0. The van der Waals surface area contributed by atoms with E-state index in [2.05, 4.69) is 89.4 Å². The van der Waals surface area contributed by atoms with Crippen LogP contribution in [0.15, 0.2) is 49.6 Å². The summed E-state index contributed by atoms with van der Waals surface area (Å²) in [6, 6.07) is 8.76. The average molecular weight is 326 g/mol. The Morgan fingerprint density at radius 2 is 1.40 bits per heavy atom. The Bertz CT molecular complexity index is 918. The van der Waals surface area contributed by atoms with Crippen molar-refractivity contribution in [2.24, 2.45) is 0 Å². The van der Waals surface area contributed by atoms with Crippen molar-refractivity contribution in [1.29, 1.82) is 0 Å². The van der Waals surface area contributed by atoms with Crippen LogP contribution in [0.1, 0.15) is 61.1 Å². The van der Waals surface area contributed by atoms with Crippen LogP contribution in [0.2, 0.25) is 0 Å². The summed E-state index contributed by atoms with van der Waals surface area (Å²) < 4.78 is 0. The van der Waals surface area contributed by atoms with E-state index in [1.54, 1.807) is 0 Å². The van der Waals surface area contributed by atoms with Crippen LogP contribution in [0.4, 0.5) is 0 Å². The predicted octanol–water partition coefficient (Wildman–Crippen LogP) is 7.35. The maximum Gasteiger partial charge on any atom is 0.0165 e. The fourth-order valence-electron chi connectivity index (χ4n) is 4.26. The second-order valence-electron chi connectivity index (χ2n) is 6.98. The second-order valence-corrected chi connectivity index (χ2v) is 6.98. The van der Waals surface area contributed by atoms with Gasteiger partial charge in [0.25, 0.3) is 0 Å². The smallest absolute Gasteiger partial charge is 0.0165 e. The van der Waals surface area contributed by atoms with Crippen LogP contribution in [0, 0.1) is 0 Å². The van der Waals surface area contributed by atoms with E-state index in [0.717, 1.165) is 0 Å². The van der Waals surface area contributed by atoms with Gasteiger partial charge in [0.15, 0.2) is 0 Å². The quantitative estimate of drug-likeness (QED) is 0.551. The molecule has 2 aromatic rings. The molecule has 0 unspecified atom stereocenters. The van der Waals surface area contributed by atoms with Gasteiger partial charge in [0.1, 0.15) is 0 Å². The molecular weight excluding hydrogens is 300 g/mol. The SMILES string of the molecule is C=Cc1c(/C=C\C)c(C=C)c2c(c1/C=C\C)C(C)(C)c1ccccc1-2. The van der Waals surface area contributed by atoms with E-state index in [1.807, 2.05) is 12.2 Å². The maximum atomic E-state index is 4.14. The largest absolute Gasteiger partial charge is 0.0984 e. The van der Waals surface area contributed by atoms with Gasteiger partial charge in [-0.2, -0.15) is 0 Å². The summed E-state index contributed by atoms with van der Waals surface area (Å²) in [5.41, 5.74) is 10.2. The van der Waals surface area contributed by atoms with Crippen LogP contribution < -0.4 is 0 Å². The predicted molar refractivity (Wildman–Crippen MR) is 114 cm³/mol. The highest BCUT2D eigenvalue weighted by molar-refractivity contribution is 5.96. The Balaban J connectivity index is 2.62. The molecule has 126 valence electrons. The third-order valence-corrected chi connectivity index (χ3v) is 5.23. The van der Waals surface area contributed by atoms with E-state index in [0.29, 0.717) is 0 Å². The van der Waals surface area contributed by atoms with Crippen molar-refractivity contribution in [2.75, 3.05) is 0 Å². The van der Waals surface area contributed by atoms with Crippen LogP contribution in [-0.2, 0) is 5.41 Å². The summed E-state index contributed by atoms with van der Waals surface area (Å²) >= 11 is 0. The molecule has 2 aromatic carbocycles. The van der Waals surface area contributed by atoms with Crippen LogP contribution in [0.5, 0.6) is 0 Å². The van der Waals surface area contributed by atoms with Crippen LogP contribution in [0.25, 0.3) is 35.4 Å². The van der Waals surface area contributed by atoms with Crippen molar-refractivity contribution in [3.63, 3.8) is 0 Å². The summed E-state index contributed by atoms with van der Waals surface area (Å²) in [6.45, 7) is 17.0. The van der Waals surface area contributed by atoms with Crippen molar-refractivity contribution < 1.29 is 0 Å². The molecule has 0 radical (unpaired) electrons. The van der Waals surface area contributed by atoms with Crippen molar-refractivity contribution in [3.8, 4) is 11.1 Å². The third kappa shape index (κ3) is 2.36. The van der Waals surface area contributed by atoms with Gasteiger partial charge >= 0.3 is 0 Å². The molecule has 0 atom stereocenters. The average Bonchev–Trinajstić information content (AvgIpc) is 2.84. The number of fused-ring (bicyclic) bond motifs is 3. The molecule has 0 amide bonds. The highest BCUT2D eigenvalue weighted by atomic mass is 14.4. The fourth-order valence-corrected chi connectivity index (χ4v) is 4.26. The molecule has 25 heavy (non-hydrogen) atoms. The zero-order valence-electron chi connectivity index (χ0n) is 15.7. The van der Waals surface area contributed by atoms with Gasteiger partial charge in [-0.15, -0.1) is 0 Å². The van der Waals surface area contributed by atoms with E-state index in [9.17, 15) is 0 Å². The van der Waals surface area contributed by atoms with Gasteiger partial charge in [-0.05, 0) is 58.4 Å². The van der Waals surface area contributed by atoms with E-state index < -0.39 is 0 Å². The molecular formula is C25H26. The Hall–Kier alpha value is -2.60. The van der Waals surface area contributed by atoms with Crippen LogP contribution >= 0.6 is 0 Å². The minimum Gasteiger partial charge on any atom is -0.0984 e. The maximum absolute atomic E-state index is 4.14. The molecule has 0 fully saturated rings. The molecule has 0 spiro atoms. The first-order chi connectivity index (χ1) is 12.0. The molecule has 1 aliphatic carbocycles. The lowest BCUT2D eigenvalue weighted by Crippen LogP contribution is -2.17. The first kappa shape index (κ1) is 17.2. The molecule has 0 nitrogen and oxygen atoms in total. The van der Waals surface area contributed by atoms with Gasteiger partial charge in [-0.25, -0.2) is 0 Å². The van der Waals surface area contributed by atoms with Crippen molar-refractivity contribution in [1.82, 2.24) is 0 Å². The molecule has 0 aliphatic heterocycles. The summed E-state index contributed by atoms with van der Waals surface area (Å²) in [6.07, 6.45) is 12.6. The second kappa shape index (κ2) is 6.37. The normalized spacial score (nSPS) is 14.7. The van der Waals surface area contributed by atoms with Crippen molar-refractivity contribution >= 4 is 24.3 Å². The first-order valence-electron chi connectivity index (χ1n) is 8.87. The van der Waals surface area contributed by atoms with Crippen molar-refractivity contribution in [2.45, 2.75) is 33.1 Å². The summed E-state index contributed by atoms with van der Waals surface area (Å²) in [5.74, 6) is 0. The standard InChI is InChI=1S/C25H26/c1-7-13-19-17(9-3)20(14-8-2)24-23(18(19)10-4)21-15-11-12-16-22(21)25(24,5)6/h7-16H,3-4H2,1-2,5-6H3/b13-7-,14-8-. The Labute approximate surface area is 151 Å². The lowest BCUT2D eigenvalue weighted by atomic mass is 9.77. The Morgan fingerprint density at radius 1 is 0.800 bits per heavy atom. The van der Waals surface area contributed by atoms with E-state index >= 15 is 0 Å². The number of hydrogen-bond donors (Lipinski definition) is 0. The van der Waals surface area contributed by atoms with Crippen molar-refractivity contribution in [3.05, 3.63) is 83.0 Å². The number of benzene rings is 2. The molecule has 0 bridgehead atoms. The lowest BCUT2D eigenvalue weighted by molar-refractivity contribution is 0.658. The summed E-state index contributed by atoms with van der Waals surface area (Å²) in [7, 11) is 0. The zero-order chi connectivity index (χ0) is 18.2. The van der Waals surface area contributed by atoms with Gasteiger partial charge in [0, 0.05) is 5.41 Å². The topological polar surface area (TPSA) is 0 Å². The van der Waals surface area contributed by atoms with E-state index in [1.165, 1.54) is 44.5 Å². The van der Waals surface area contributed by atoms with Gasteiger partial charge in [-0.1, -0.05) is 87.7 Å². The number of rotatable bonds is 4. The van der Waals surface area contributed by atoms with Gasteiger partial charge in [-0.3, -0.25) is 0 Å². The molecule has 3 rings (SSSR count). The lowest BCUT2D eigenvalue weighted by Gasteiger charge is -2.26. The fraction of sp³-hybridized carbons (Fsp3) is 0.200. The van der Waals surface area contributed by atoms with Gasteiger partial charge in [0.05, 0.1) is 0 Å². The summed E-state index contributed by atoms with van der Waals surface area (Å²) in [4.78, 5) is 0. The first-order valence-corrected chi connectivity index (χ1v) is 8.87. The molecule has 0 saturated heterocycles. The van der Waals surface area contributed by atoms with Crippen LogP contribution in [0.3, 0.4) is 0 Å². The molecule has 0 saturated carbocycles. The van der Waals surface area contributed by atoms with E-state index in [4.69, 9.17) is 0 Å². The minimum absolute atomic E-state index is 0.0508. The zero-order valence-corrected chi connectivity index (χ0v) is 15.7. The number of hydrogen-bond acceptors (Lipinski definition) is 0. The monoisotopic (exact) mass is 326 g/mol. The van der Waals surface area contributed by atoms with Gasteiger partial charge < -0.3 is 0 Å². The van der Waals surface area contributed by atoms with E-state index in [-0.39, 0.29) is 5.41 Å². The van der Waals surface area contributed by atoms with Crippen LogP contribution in [-0.4, -0.2) is 0 Å². The third-order valence-electron chi connectivity index (χ3n) is 5.23. The minimum atomic E-state index is -0.0508. The molecule has 0 heteroatoms. The highest BCUT2D eigenvalue weighted by Crippen LogP contribution is 2.53.